The molecule has 5 aliphatic rings. The van der Waals surface area contributed by atoms with E-state index in [1.807, 2.05) is 17.5 Å². The highest BCUT2D eigenvalue weighted by molar-refractivity contribution is 7.12. The Balaban J connectivity index is 1.23. The molecule has 4 aliphatic carbocycles. The lowest BCUT2D eigenvalue weighted by Gasteiger charge is -2.57. The lowest BCUT2D eigenvalue weighted by atomic mass is 9.49. The van der Waals surface area contributed by atoms with E-state index in [4.69, 9.17) is 0 Å². The summed E-state index contributed by atoms with van der Waals surface area (Å²) in [5, 5.41) is 5.20. The van der Waals surface area contributed by atoms with Crippen LogP contribution in [-0.4, -0.2) is 35.8 Å². The largest absolute Gasteiger partial charge is 0.354 e. The number of carbonyl (C=O) groups excluding carboxylic acids is 2. The summed E-state index contributed by atoms with van der Waals surface area (Å²) in [4.78, 5) is 28.2. The Morgan fingerprint density at radius 3 is 2.46 bits per heavy atom. The zero-order chi connectivity index (χ0) is 17.7. The van der Waals surface area contributed by atoms with Gasteiger partial charge in [-0.25, -0.2) is 0 Å². The van der Waals surface area contributed by atoms with Crippen molar-refractivity contribution in [1.29, 1.82) is 0 Å². The zero-order valence-electron chi connectivity index (χ0n) is 15.3. The van der Waals surface area contributed by atoms with Crippen LogP contribution in [0.2, 0.25) is 0 Å². The molecule has 0 spiro atoms. The Bertz CT molecular complexity index is 664. The maximum atomic E-state index is 12.9. The number of rotatable bonds is 4. The van der Waals surface area contributed by atoms with Crippen molar-refractivity contribution in [3.05, 3.63) is 22.4 Å². The third-order valence-corrected chi connectivity index (χ3v) is 8.21. The topological polar surface area (TPSA) is 49.4 Å². The van der Waals surface area contributed by atoms with Gasteiger partial charge in [0, 0.05) is 13.1 Å². The maximum absolute atomic E-state index is 12.9. The number of carbonyl (C=O) groups is 2. The smallest absolute Gasteiger partial charge is 0.264 e. The molecule has 140 valence electrons. The quantitative estimate of drug-likeness (QED) is 0.876. The molecule has 4 nitrogen and oxygen atoms in total. The Morgan fingerprint density at radius 1 is 1.15 bits per heavy atom. The highest BCUT2D eigenvalue weighted by Crippen LogP contribution is 2.59. The van der Waals surface area contributed by atoms with Gasteiger partial charge in [0.05, 0.1) is 4.88 Å². The van der Waals surface area contributed by atoms with Crippen molar-refractivity contribution in [3.63, 3.8) is 0 Å². The van der Waals surface area contributed by atoms with E-state index in [9.17, 15) is 9.59 Å². The monoisotopic (exact) mass is 372 g/mol. The van der Waals surface area contributed by atoms with Crippen molar-refractivity contribution in [3.8, 4) is 0 Å². The van der Waals surface area contributed by atoms with Gasteiger partial charge in [-0.3, -0.25) is 9.59 Å². The molecule has 0 aromatic carbocycles. The van der Waals surface area contributed by atoms with E-state index < -0.39 is 0 Å². The minimum atomic E-state index is -0.279. The fraction of sp³-hybridized carbons (Fsp3) is 0.714. The van der Waals surface area contributed by atoms with Gasteiger partial charge in [0.25, 0.3) is 5.91 Å². The maximum Gasteiger partial charge on any atom is 0.264 e. The molecule has 4 bridgehead atoms. The molecule has 26 heavy (non-hydrogen) atoms. The van der Waals surface area contributed by atoms with Crippen molar-refractivity contribution in [2.45, 2.75) is 57.4 Å². The van der Waals surface area contributed by atoms with E-state index in [2.05, 4.69) is 5.32 Å². The first-order valence-corrected chi connectivity index (χ1v) is 11.1. The van der Waals surface area contributed by atoms with Crippen molar-refractivity contribution < 1.29 is 9.59 Å². The number of thiophene rings is 1. The molecule has 2 amide bonds. The minimum Gasteiger partial charge on any atom is -0.354 e. The molecule has 1 N–H and O–H groups in total. The van der Waals surface area contributed by atoms with Gasteiger partial charge in [-0.05, 0) is 86.0 Å². The number of amides is 2. The summed E-state index contributed by atoms with van der Waals surface area (Å²) in [5.41, 5.74) is 0.353. The normalized spacial score (nSPS) is 37.9. The van der Waals surface area contributed by atoms with Gasteiger partial charge in [-0.2, -0.15) is 0 Å². The Hall–Kier alpha value is -1.36. The molecule has 1 aromatic rings. The molecular weight excluding hydrogens is 344 g/mol. The van der Waals surface area contributed by atoms with Crippen LogP contribution in [0.5, 0.6) is 0 Å². The highest BCUT2D eigenvalue weighted by atomic mass is 32.1. The molecule has 0 radical (unpaired) electrons. The van der Waals surface area contributed by atoms with Crippen LogP contribution in [0, 0.1) is 23.2 Å². The highest BCUT2D eigenvalue weighted by Gasteiger charge is 2.51. The van der Waals surface area contributed by atoms with Crippen LogP contribution in [0.25, 0.3) is 0 Å². The van der Waals surface area contributed by atoms with E-state index in [0.29, 0.717) is 12.0 Å². The van der Waals surface area contributed by atoms with Crippen molar-refractivity contribution in [1.82, 2.24) is 10.2 Å². The van der Waals surface area contributed by atoms with Crippen LogP contribution in [0.1, 0.15) is 61.0 Å². The van der Waals surface area contributed by atoms with E-state index in [0.717, 1.165) is 42.0 Å². The molecule has 5 heteroatoms. The van der Waals surface area contributed by atoms with Gasteiger partial charge in [-0.15, -0.1) is 11.3 Å². The predicted octanol–water partition coefficient (Wildman–Crippen LogP) is 3.69. The summed E-state index contributed by atoms with van der Waals surface area (Å²) in [7, 11) is 0. The van der Waals surface area contributed by atoms with Crippen LogP contribution < -0.4 is 5.32 Å². The summed E-state index contributed by atoms with van der Waals surface area (Å²) in [6.45, 7) is 1.53. The Morgan fingerprint density at radius 2 is 1.85 bits per heavy atom. The van der Waals surface area contributed by atoms with E-state index >= 15 is 0 Å². The van der Waals surface area contributed by atoms with Gasteiger partial charge in [0.1, 0.15) is 6.04 Å². The number of nitrogens with zero attached hydrogens (tertiary/aromatic N) is 1. The third-order valence-electron chi connectivity index (χ3n) is 7.35. The molecule has 5 fully saturated rings. The molecule has 1 atom stereocenters. The summed E-state index contributed by atoms with van der Waals surface area (Å²) in [5.74, 6) is 2.81. The lowest BCUT2D eigenvalue weighted by Crippen LogP contribution is -2.53. The van der Waals surface area contributed by atoms with Gasteiger partial charge in [0.15, 0.2) is 0 Å². The average molecular weight is 373 g/mol. The molecule has 1 saturated heterocycles. The SMILES string of the molecule is O=C(NCC12CC3CC(CC(C3)C1)C2)[C@H]1CCCN1C(=O)c1cccs1. The predicted molar refractivity (Wildman–Crippen MR) is 102 cm³/mol. The minimum absolute atomic E-state index is 0.0208. The summed E-state index contributed by atoms with van der Waals surface area (Å²) in [6.07, 6.45) is 9.93. The van der Waals surface area contributed by atoms with Crippen molar-refractivity contribution in [2.24, 2.45) is 23.2 Å². The van der Waals surface area contributed by atoms with Crippen molar-refractivity contribution in [2.75, 3.05) is 13.1 Å². The molecule has 0 unspecified atom stereocenters. The standard InChI is InChI=1S/C21H28N2O2S/c24-19(17-3-1-5-23(17)20(25)18-4-2-6-26-18)22-13-21-10-14-7-15(11-21)9-16(8-14)12-21/h2,4,6,14-17H,1,3,5,7-13H2,(H,22,24)/t14?,15?,16?,17-,21?/m1/s1. The van der Waals surface area contributed by atoms with E-state index in [-0.39, 0.29) is 17.9 Å². The molecular formula is C21H28N2O2S. The first kappa shape index (κ1) is 16.8. The van der Waals surface area contributed by atoms with Crippen molar-refractivity contribution >= 4 is 23.2 Å². The van der Waals surface area contributed by atoms with Crippen LogP contribution in [0.4, 0.5) is 0 Å². The lowest BCUT2D eigenvalue weighted by molar-refractivity contribution is -0.127. The summed E-state index contributed by atoms with van der Waals surface area (Å²) >= 11 is 1.46. The number of hydrogen-bond acceptors (Lipinski definition) is 3. The second kappa shape index (κ2) is 6.36. The van der Waals surface area contributed by atoms with Gasteiger partial charge >= 0.3 is 0 Å². The second-order valence-corrected chi connectivity index (χ2v) is 10.2. The molecule has 6 rings (SSSR count). The Labute approximate surface area is 159 Å². The summed E-state index contributed by atoms with van der Waals surface area (Å²) < 4.78 is 0. The fourth-order valence-corrected chi connectivity index (χ4v) is 7.40. The molecule has 4 saturated carbocycles. The van der Waals surface area contributed by atoms with E-state index in [1.165, 1.54) is 49.9 Å². The van der Waals surface area contributed by atoms with Gasteiger partial charge in [0.2, 0.25) is 5.91 Å². The summed E-state index contributed by atoms with van der Waals surface area (Å²) in [6, 6.07) is 3.48. The average Bonchev–Trinajstić information content (AvgIpc) is 3.29. The molecule has 1 aliphatic heterocycles. The third kappa shape index (κ3) is 2.88. The fourth-order valence-electron chi connectivity index (χ4n) is 6.72. The van der Waals surface area contributed by atoms with Crippen LogP contribution in [-0.2, 0) is 4.79 Å². The zero-order valence-corrected chi connectivity index (χ0v) is 16.1. The van der Waals surface area contributed by atoms with Gasteiger partial charge < -0.3 is 10.2 Å². The van der Waals surface area contributed by atoms with Crippen LogP contribution >= 0.6 is 11.3 Å². The second-order valence-electron chi connectivity index (χ2n) is 9.27. The first-order chi connectivity index (χ1) is 12.6. The molecule has 1 aromatic heterocycles. The van der Waals surface area contributed by atoms with E-state index in [1.54, 1.807) is 4.90 Å². The first-order valence-electron chi connectivity index (χ1n) is 10.2. The Kier molecular flexibility index (Phi) is 4.11. The van der Waals surface area contributed by atoms with Gasteiger partial charge in [-0.1, -0.05) is 6.07 Å². The number of likely N-dealkylation sites (tertiary alicyclic amines) is 1. The van der Waals surface area contributed by atoms with Crippen LogP contribution in [0.3, 0.4) is 0 Å². The van der Waals surface area contributed by atoms with Crippen LogP contribution in [0.15, 0.2) is 17.5 Å². The number of nitrogens with one attached hydrogen (secondary N) is 1. The number of hydrogen-bond donors (Lipinski definition) is 1. The molecule has 2 heterocycles.